The molecule has 27 heavy (non-hydrogen) atoms. The summed E-state index contributed by atoms with van der Waals surface area (Å²) in [5.41, 5.74) is 0.844. The largest absolute Gasteiger partial charge is 0.504 e. The molecule has 0 aliphatic heterocycles. The molecule has 1 aromatic carbocycles. The monoisotopic (exact) mass is 398 g/mol. The molecule has 4 nitrogen and oxygen atoms in total. The van der Waals surface area contributed by atoms with E-state index >= 15 is 0 Å². The van der Waals surface area contributed by atoms with Gasteiger partial charge in [-0.05, 0) is 38.0 Å². The number of benzene rings is 1. The Labute approximate surface area is 166 Å². The molecule has 1 N–H and O–H groups in total. The zero-order valence-corrected chi connectivity index (χ0v) is 18.2. The maximum absolute atomic E-state index is 12.3. The van der Waals surface area contributed by atoms with Gasteiger partial charge in [0, 0.05) is 0 Å². The minimum Gasteiger partial charge on any atom is -0.504 e. The molecular weight excluding hydrogens is 360 g/mol. The van der Waals surface area contributed by atoms with E-state index in [1.54, 1.807) is 19.1 Å². The first-order valence-electron chi connectivity index (χ1n) is 10.6. The first-order chi connectivity index (χ1) is 12.9. The Morgan fingerprint density at radius 2 is 1.44 bits per heavy atom. The van der Waals surface area contributed by atoms with Crippen molar-refractivity contribution in [2.24, 2.45) is 0 Å². The summed E-state index contributed by atoms with van der Waals surface area (Å²) in [5.74, 6) is -0.133. The van der Waals surface area contributed by atoms with Gasteiger partial charge >= 0.3 is 10.1 Å². The van der Waals surface area contributed by atoms with Crippen molar-refractivity contribution in [3.63, 3.8) is 0 Å². The van der Waals surface area contributed by atoms with Crippen molar-refractivity contribution in [1.82, 2.24) is 0 Å². The molecule has 0 spiro atoms. The average molecular weight is 399 g/mol. The minimum absolute atomic E-state index is 0.0146. The van der Waals surface area contributed by atoms with Crippen molar-refractivity contribution in [2.75, 3.05) is 0 Å². The van der Waals surface area contributed by atoms with Crippen LogP contribution >= 0.6 is 0 Å². The number of hydrogen-bond donors (Lipinski definition) is 1. The van der Waals surface area contributed by atoms with E-state index in [1.165, 1.54) is 63.9 Å². The van der Waals surface area contributed by atoms with Gasteiger partial charge in [0.1, 0.15) is 0 Å². The van der Waals surface area contributed by atoms with Gasteiger partial charge in [0.05, 0.1) is 5.25 Å². The summed E-state index contributed by atoms with van der Waals surface area (Å²) in [6.07, 6.45) is 14.3. The van der Waals surface area contributed by atoms with Gasteiger partial charge in [-0.2, -0.15) is 8.42 Å². The van der Waals surface area contributed by atoms with Crippen molar-refractivity contribution >= 4 is 10.1 Å². The van der Waals surface area contributed by atoms with Crippen LogP contribution in [0.2, 0.25) is 0 Å². The van der Waals surface area contributed by atoms with Crippen LogP contribution in [-0.2, 0) is 10.1 Å². The lowest BCUT2D eigenvalue weighted by Gasteiger charge is -2.14. The number of aromatic hydroxyl groups is 1. The number of unbranched alkanes of at least 4 members (excludes halogenated alkanes) is 10. The third-order valence-corrected chi connectivity index (χ3v) is 6.66. The van der Waals surface area contributed by atoms with Crippen LogP contribution in [0.4, 0.5) is 0 Å². The maximum Gasteiger partial charge on any atom is 0.311 e. The number of phenols is 1. The molecule has 0 fully saturated rings. The van der Waals surface area contributed by atoms with Crippen molar-refractivity contribution in [3.05, 3.63) is 23.8 Å². The van der Waals surface area contributed by atoms with E-state index in [2.05, 4.69) is 6.92 Å². The molecule has 0 aromatic heterocycles. The summed E-state index contributed by atoms with van der Waals surface area (Å²) in [5, 5.41) is 9.19. The van der Waals surface area contributed by atoms with Crippen molar-refractivity contribution < 1.29 is 17.7 Å². The van der Waals surface area contributed by atoms with Crippen molar-refractivity contribution in [2.45, 2.75) is 103 Å². The van der Waals surface area contributed by atoms with E-state index in [0.29, 0.717) is 6.42 Å². The quantitative estimate of drug-likeness (QED) is 0.270. The second-order valence-electron chi connectivity index (χ2n) is 7.68. The smallest absolute Gasteiger partial charge is 0.311 e. The molecule has 0 saturated carbocycles. The highest BCUT2D eigenvalue weighted by molar-refractivity contribution is 7.87. The predicted molar refractivity (Wildman–Crippen MR) is 113 cm³/mol. The normalized spacial score (nSPS) is 12.9. The van der Waals surface area contributed by atoms with E-state index in [0.717, 1.165) is 18.4 Å². The van der Waals surface area contributed by atoms with Gasteiger partial charge in [0.2, 0.25) is 0 Å². The fourth-order valence-corrected chi connectivity index (χ4v) is 4.14. The molecule has 156 valence electrons. The van der Waals surface area contributed by atoms with Gasteiger partial charge in [-0.1, -0.05) is 83.6 Å². The van der Waals surface area contributed by atoms with Gasteiger partial charge in [-0.15, -0.1) is 0 Å². The third kappa shape index (κ3) is 10.0. The highest BCUT2D eigenvalue weighted by Gasteiger charge is 2.23. The second kappa shape index (κ2) is 13.0. The standard InChI is InChI=1S/C22H38O4S/c1-4-5-6-7-8-9-10-11-12-13-14-15-20(3)27(24,25)26-22-18-19(2)16-17-21(22)23/h16-18,20,23H,4-15H2,1-3H3. The van der Waals surface area contributed by atoms with E-state index < -0.39 is 15.4 Å². The van der Waals surface area contributed by atoms with E-state index in [4.69, 9.17) is 4.18 Å². The number of phenolic OH excluding ortho intramolecular Hbond substituents is 1. The Morgan fingerprint density at radius 3 is 2.00 bits per heavy atom. The van der Waals surface area contributed by atoms with Crippen LogP contribution < -0.4 is 4.18 Å². The highest BCUT2D eigenvalue weighted by atomic mass is 32.2. The first kappa shape index (κ1) is 23.8. The number of aryl methyl sites for hydroxylation is 1. The van der Waals surface area contributed by atoms with Crippen LogP contribution in [0.5, 0.6) is 11.5 Å². The van der Waals surface area contributed by atoms with E-state index in [-0.39, 0.29) is 11.5 Å². The lowest BCUT2D eigenvalue weighted by Crippen LogP contribution is -2.23. The van der Waals surface area contributed by atoms with Crippen LogP contribution in [0, 0.1) is 6.92 Å². The SMILES string of the molecule is CCCCCCCCCCCCCC(C)S(=O)(=O)Oc1cc(C)ccc1O. The van der Waals surface area contributed by atoms with Gasteiger partial charge < -0.3 is 9.29 Å². The molecular formula is C22H38O4S. The lowest BCUT2D eigenvalue weighted by atomic mass is 10.0. The van der Waals surface area contributed by atoms with Crippen LogP contribution in [0.3, 0.4) is 0 Å². The summed E-state index contributed by atoms with van der Waals surface area (Å²) in [4.78, 5) is 0. The summed E-state index contributed by atoms with van der Waals surface area (Å²) < 4.78 is 29.8. The van der Waals surface area contributed by atoms with Crippen LogP contribution in [0.1, 0.15) is 96.5 Å². The molecule has 0 bridgehead atoms. The Hall–Kier alpha value is -1.23. The van der Waals surface area contributed by atoms with Gasteiger partial charge in [0.15, 0.2) is 11.5 Å². The van der Waals surface area contributed by atoms with Gasteiger partial charge in [0.25, 0.3) is 0 Å². The molecule has 1 rings (SSSR count). The van der Waals surface area contributed by atoms with E-state index in [9.17, 15) is 13.5 Å². The molecule has 0 radical (unpaired) electrons. The van der Waals surface area contributed by atoms with Gasteiger partial charge in [-0.25, -0.2) is 0 Å². The van der Waals surface area contributed by atoms with Crippen LogP contribution in [0.25, 0.3) is 0 Å². The molecule has 1 atom stereocenters. The third-order valence-electron chi connectivity index (χ3n) is 5.03. The molecule has 0 aliphatic carbocycles. The number of rotatable bonds is 15. The molecule has 1 unspecified atom stereocenters. The summed E-state index contributed by atoms with van der Waals surface area (Å²) in [6, 6.07) is 4.71. The summed E-state index contributed by atoms with van der Waals surface area (Å²) >= 11 is 0. The Balaban J connectivity index is 2.18. The Bertz CT molecular complexity index is 625. The topological polar surface area (TPSA) is 63.6 Å². The predicted octanol–water partition coefficient (Wildman–Crippen LogP) is 6.50. The fraction of sp³-hybridized carbons (Fsp3) is 0.727. The Kier molecular flexibility index (Phi) is 11.5. The molecule has 0 saturated heterocycles. The Morgan fingerprint density at radius 1 is 0.926 bits per heavy atom. The zero-order valence-electron chi connectivity index (χ0n) is 17.4. The molecule has 0 amide bonds. The first-order valence-corrected chi connectivity index (χ1v) is 12.1. The zero-order chi connectivity index (χ0) is 20.1. The summed E-state index contributed by atoms with van der Waals surface area (Å²) in [6.45, 7) is 5.75. The maximum atomic E-state index is 12.3. The highest BCUT2D eigenvalue weighted by Crippen LogP contribution is 2.29. The van der Waals surface area contributed by atoms with Crippen LogP contribution in [-0.4, -0.2) is 18.8 Å². The lowest BCUT2D eigenvalue weighted by molar-refractivity contribution is 0.421. The second-order valence-corrected chi connectivity index (χ2v) is 9.64. The average Bonchev–Trinajstić information content (AvgIpc) is 2.62. The molecule has 5 heteroatoms. The summed E-state index contributed by atoms with van der Waals surface area (Å²) in [7, 11) is -3.73. The van der Waals surface area contributed by atoms with E-state index in [1.807, 2.05) is 6.92 Å². The van der Waals surface area contributed by atoms with Crippen molar-refractivity contribution in [1.29, 1.82) is 0 Å². The minimum atomic E-state index is -3.73. The molecule has 0 aliphatic rings. The molecule has 0 heterocycles. The van der Waals surface area contributed by atoms with Crippen molar-refractivity contribution in [3.8, 4) is 11.5 Å². The molecule has 1 aromatic rings. The van der Waals surface area contributed by atoms with Crippen LogP contribution in [0.15, 0.2) is 18.2 Å². The number of hydrogen-bond acceptors (Lipinski definition) is 4. The van der Waals surface area contributed by atoms with Gasteiger partial charge in [-0.3, -0.25) is 0 Å². The fourth-order valence-electron chi connectivity index (χ4n) is 3.14.